The molecule has 1 rings (SSSR count). The number of thioether (sulfide) groups is 1. The molecular weight excluding hydrogens is 208 g/mol. The lowest BCUT2D eigenvalue weighted by Crippen LogP contribution is -2.03. The molecule has 0 saturated carbocycles. The Balaban J connectivity index is 2.62. The molecule has 0 N–H and O–H groups in total. The maximum absolute atomic E-state index is 11.3. The lowest BCUT2D eigenvalue weighted by Gasteiger charge is -2.05. The molecule has 0 atom stereocenters. The van der Waals surface area contributed by atoms with Gasteiger partial charge in [-0.3, -0.25) is 0 Å². The van der Waals surface area contributed by atoms with Crippen LogP contribution in [0, 0.1) is 6.92 Å². The van der Waals surface area contributed by atoms with Gasteiger partial charge in [-0.25, -0.2) is 4.79 Å². The average Bonchev–Trinajstić information content (AvgIpc) is 2.18. The molecule has 0 saturated heterocycles. The highest BCUT2D eigenvalue weighted by Crippen LogP contribution is 2.26. The zero-order valence-corrected chi connectivity index (χ0v) is 9.76. The first-order chi connectivity index (χ1) is 7.13. The first kappa shape index (κ1) is 11.9. The second-order valence-corrected chi connectivity index (χ2v) is 4.23. The van der Waals surface area contributed by atoms with Crippen LogP contribution in [-0.4, -0.2) is 12.6 Å². The maximum Gasteiger partial charge on any atom is 0.344 e. The highest BCUT2D eigenvalue weighted by Gasteiger charge is 2.09. The highest BCUT2D eigenvalue weighted by molar-refractivity contribution is 8.04. The minimum atomic E-state index is -0.344. The van der Waals surface area contributed by atoms with Crippen molar-refractivity contribution in [1.82, 2.24) is 0 Å². The number of hydrogen-bond acceptors (Lipinski definition) is 3. The summed E-state index contributed by atoms with van der Waals surface area (Å²) in [4.78, 5) is 12.7. The molecule has 0 unspecified atom stereocenters. The molecule has 0 aliphatic carbocycles. The van der Waals surface area contributed by atoms with Gasteiger partial charge in [-0.05, 0) is 26.0 Å². The van der Waals surface area contributed by atoms with E-state index in [4.69, 9.17) is 4.74 Å². The van der Waals surface area contributed by atoms with Gasteiger partial charge in [0.25, 0.3) is 0 Å². The first-order valence-electron chi connectivity index (χ1n) is 4.74. The van der Waals surface area contributed by atoms with Gasteiger partial charge >= 0.3 is 5.97 Å². The van der Waals surface area contributed by atoms with Gasteiger partial charge in [-0.2, -0.15) is 0 Å². The molecule has 0 radical (unpaired) electrons. The van der Waals surface area contributed by atoms with Crippen molar-refractivity contribution in [2.45, 2.75) is 18.7 Å². The average molecular weight is 222 g/mol. The largest absolute Gasteiger partial charge is 0.462 e. The number of aryl methyl sites for hydroxylation is 1. The van der Waals surface area contributed by atoms with E-state index in [1.165, 1.54) is 11.8 Å². The standard InChI is InChI=1S/C12H14O2S/c1-4-14-12(13)10(3)15-11-7-5-6-9(2)8-11/h5-8H,3-4H2,1-2H3. The number of rotatable bonds is 4. The third-order valence-electron chi connectivity index (χ3n) is 1.73. The van der Waals surface area contributed by atoms with Crippen molar-refractivity contribution in [3.05, 3.63) is 41.3 Å². The van der Waals surface area contributed by atoms with E-state index in [9.17, 15) is 4.79 Å². The number of ether oxygens (including phenoxy) is 1. The van der Waals surface area contributed by atoms with Crippen molar-refractivity contribution in [3.8, 4) is 0 Å². The van der Waals surface area contributed by atoms with Crippen LogP contribution in [0.4, 0.5) is 0 Å². The fraction of sp³-hybridized carbons (Fsp3) is 0.250. The predicted octanol–water partition coefficient (Wildman–Crippen LogP) is 3.16. The van der Waals surface area contributed by atoms with Gasteiger partial charge in [0.2, 0.25) is 0 Å². The minimum Gasteiger partial charge on any atom is -0.462 e. The third kappa shape index (κ3) is 3.80. The quantitative estimate of drug-likeness (QED) is 0.444. The van der Waals surface area contributed by atoms with Crippen molar-refractivity contribution < 1.29 is 9.53 Å². The molecular formula is C12H14O2S. The summed E-state index contributed by atoms with van der Waals surface area (Å²) < 4.78 is 4.85. The third-order valence-corrected chi connectivity index (χ3v) is 2.64. The van der Waals surface area contributed by atoms with Gasteiger partial charge < -0.3 is 4.74 Å². The second-order valence-electron chi connectivity index (χ2n) is 3.06. The van der Waals surface area contributed by atoms with Crippen LogP contribution >= 0.6 is 11.8 Å². The molecule has 0 spiro atoms. The van der Waals surface area contributed by atoms with Gasteiger partial charge in [0.1, 0.15) is 0 Å². The van der Waals surface area contributed by atoms with Crippen molar-refractivity contribution in [2.24, 2.45) is 0 Å². The molecule has 0 aliphatic heterocycles. The molecule has 0 aromatic heterocycles. The van der Waals surface area contributed by atoms with Gasteiger partial charge in [0.05, 0.1) is 11.5 Å². The van der Waals surface area contributed by atoms with Crippen LogP contribution in [0.2, 0.25) is 0 Å². The first-order valence-corrected chi connectivity index (χ1v) is 5.55. The smallest absolute Gasteiger partial charge is 0.344 e. The minimum absolute atomic E-state index is 0.344. The van der Waals surface area contributed by atoms with Gasteiger partial charge in [0, 0.05) is 4.90 Å². The summed E-state index contributed by atoms with van der Waals surface area (Å²) in [6, 6.07) is 7.92. The molecule has 15 heavy (non-hydrogen) atoms. The number of carbonyl (C=O) groups is 1. The Morgan fingerprint density at radius 3 is 2.87 bits per heavy atom. The molecule has 2 nitrogen and oxygen atoms in total. The lowest BCUT2D eigenvalue weighted by molar-refractivity contribution is -0.137. The molecule has 0 bridgehead atoms. The van der Waals surface area contributed by atoms with Crippen molar-refractivity contribution in [3.63, 3.8) is 0 Å². The molecule has 0 fully saturated rings. The fourth-order valence-corrected chi connectivity index (χ4v) is 1.89. The summed E-state index contributed by atoms with van der Waals surface area (Å²) in [5.41, 5.74) is 1.16. The van der Waals surface area contributed by atoms with Crippen LogP contribution in [0.25, 0.3) is 0 Å². The monoisotopic (exact) mass is 222 g/mol. The van der Waals surface area contributed by atoms with Gasteiger partial charge in [-0.1, -0.05) is 36.0 Å². The maximum atomic E-state index is 11.3. The molecule has 3 heteroatoms. The van der Waals surface area contributed by atoms with Crippen molar-refractivity contribution >= 4 is 17.7 Å². The Morgan fingerprint density at radius 1 is 1.53 bits per heavy atom. The molecule has 1 aromatic carbocycles. The summed E-state index contributed by atoms with van der Waals surface area (Å²) in [5.74, 6) is -0.344. The van der Waals surface area contributed by atoms with E-state index in [1.54, 1.807) is 6.92 Å². The number of carbonyl (C=O) groups excluding carboxylic acids is 1. The van der Waals surface area contributed by atoms with Crippen LogP contribution in [0.15, 0.2) is 40.6 Å². The SMILES string of the molecule is C=C(Sc1cccc(C)c1)C(=O)OCC. The van der Waals surface area contributed by atoms with E-state index in [-0.39, 0.29) is 5.97 Å². The lowest BCUT2D eigenvalue weighted by atomic mass is 10.2. The zero-order valence-electron chi connectivity index (χ0n) is 8.95. The zero-order chi connectivity index (χ0) is 11.3. The van der Waals surface area contributed by atoms with E-state index in [0.29, 0.717) is 11.5 Å². The number of benzene rings is 1. The number of hydrogen-bond donors (Lipinski definition) is 0. The van der Waals surface area contributed by atoms with E-state index >= 15 is 0 Å². The van der Waals surface area contributed by atoms with Crippen LogP contribution < -0.4 is 0 Å². The Morgan fingerprint density at radius 2 is 2.27 bits per heavy atom. The summed E-state index contributed by atoms with van der Waals surface area (Å²) >= 11 is 1.34. The Kier molecular flexibility index (Phi) is 4.43. The summed E-state index contributed by atoms with van der Waals surface area (Å²) in [6.45, 7) is 7.86. The van der Waals surface area contributed by atoms with Crippen LogP contribution in [0.3, 0.4) is 0 Å². The number of esters is 1. The molecule has 0 amide bonds. The molecule has 0 heterocycles. The van der Waals surface area contributed by atoms with E-state index in [0.717, 1.165) is 10.5 Å². The van der Waals surface area contributed by atoms with Gasteiger partial charge in [0.15, 0.2) is 0 Å². The van der Waals surface area contributed by atoms with Gasteiger partial charge in [-0.15, -0.1) is 0 Å². The van der Waals surface area contributed by atoms with Crippen molar-refractivity contribution in [2.75, 3.05) is 6.61 Å². The summed E-state index contributed by atoms with van der Waals surface area (Å²) in [5, 5.41) is 0. The highest BCUT2D eigenvalue weighted by atomic mass is 32.2. The van der Waals surface area contributed by atoms with E-state index in [1.807, 2.05) is 31.2 Å². The summed E-state index contributed by atoms with van der Waals surface area (Å²) in [7, 11) is 0. The normalized spacial score (nSPS) is 9.73. The summed E-state index contributed by atoms with van der Waals surface area (Å²) in [6.07, 6.45) is 0. The Labute approximate surface area is 94.3 Å². The Bertz CT molecular complexity index is 372. The van der Waals surface area contributed by atoms with E-state index in [2.05, 4.69) is 6.58 Å². The second kappa shape index (κ2) is 5.61. The topological polar surface area (TPSA) is 26.3 Å². The predicted molar refractivity (Wildman–Crippen MR) is 62.8 cm³/mol. The Hall–Kier alpha value is -1.22. The molecule has 1 aromatic rings. The van der Waals surface area contributed by atoms with Crippen LogP contribution in [0.1, 0.15) is 12.5 Å². The molecule has 0 aliphatic rings. The van der Waals surface area contributed by atoms with Crippen molar-refractivity contribution in [1.29, 1.82) is 0 Å². The van der Waals surface area contributed by atoms with Crippen LogP contribution in [0.5, 0.6) is 0 Å². The van der Waals surface area contributed by atoms with E-state index < -0.39 is 0 Å². The fourth-order valence-electron chi connectivity index (χ4n) is 1.07. The molecule has 80 valence electrons. The van der Waals surface area contributed by atoms with Crippen LogP contribution in [-0.2, 0) is 9.53 Å².